The Bertz CT molecular complexity index is 632. The standard InChI is InChI=1S/C24H34N4/c1-3-21-5-9-23(10-6-21)19-26-14-17-28(16-13-25)18-15-27-20-24-11-7-22(4-2)8-12-24/h3-12,26-27H,1-2,13-20,25H2. The van der Waals surface area contributed by atoms with Gasteiger partial charge in [0.25, 0.3) is 0 Å². The molecule has 4 N–H and O–H groups in total. The van der Waals surface area contributed by atoms with Crippen molar-refractivity contribution in [3.63, 3.8) is 0 Å². The normalized spacial score (nSPS) is 10.9. The summed E-state index contributed by atoms with van der Waals surface area (Å²) in [6, 6.07) is 17.0. The van der Waals surface area contributed by atoms with E-state index in [1.165, 1.54) is 11.1 Å². The lowest BCUT2D eigenvalue weighted by Gasteiger charge is -2.22. The third-order valence-corrected chi connectivity index (χ3v) is 4.74. The molecule has 0 atom stereocenters. The number of nitrogens with two attached hydrogens (primary N) is 1. The second kappa shape index (κ2) is 13.0. The third-order valence-electron chi connectivity index (χ3n) is 4.74. The van der Waals surface area contributed by atoms with Crippen LogP contribution >= 0.6 is 0 Å². The van der Waals surface area contributed by atoms with E-state index in [-0.39, 0.29) is 0 Å². The Kier molecular flexibility index (Phi) is 10.3. The number of rotatable bonds is 14. The molecule has 2 rings (SSSR count). The summed E-state index contributed by atoms with van der Waals surface area (Å²) in [5, 5.41) is 7.04. The van der Waals surface area contributed by atoms with Gasteiger partial charge in [-0.2, -0.15) is 0 Å². The molecule has 0 heterocycles. The summed E-state index contributed by atoms with van der Waals surface area (Å²) in [5.74, 6) is 0. The summed E-state index contributed by atoms with van der Waals surface area (Å²) >= 11 is 0. The Morgan fingerprint density at radius 2 is 1.14 bits per heavy atom. The number of hydrogen-bond donors (Lipinski definition) is 3. The third kappa shape index (κ3) is 8.19. The number of hydrogen-bond acceptors (Lipinski definition) is 4. The fourth-order valence-corrected chi connectivity index (χ4v) is 3.00. The van der Waals surface area contributed by atoms with Crippen molar-refractivity contribution in [2.45, 2.75) is 13.1 Å². The lowest BCUT2D eigenvalue weighted by atomic mass is 10.1. The average Bonchev–Trinajstić information content (AvgIpc) is 2.75. The van der Waals surface area contributed by atoms with E-state index in [1.54, 1.807) is 0 Å². The molecule has 0 unspecified atom stereocenters. The van der Waals surface area contributed by atoms with E-state index in [9.17, 15) is 0 Å². The van der Waals surface area contributed by atoms with Gasteiger partial charge >= 0.3 is 0 Å². The first-order valence-electron chi connectivity index (χ1n) is 10.0. The second-order valence-corrected chi connectivity index (χ2v) is 6.88. The van der Waals surface area contributed by atoms with Crippen LogP contribution in [0.2, 0.25) is 0 Å². The van der Waals surface area contributed by atoms with Crippen LogP contribution in [0.4, 0.5) is 0 Å². The molecule has 4 heteroatoms. The van der Waals surface area contributed by atoms with Gasteiger partial charge in [0.1, 0.15) is 0 Å². The van der Waals surface area contributed by atoms with Crippen LogP contribution in [-0.4, -0.2) is 44.2 Å². The van der Waals surface area contributed by atoms with Crippen LogP contribution in [0.15, 0.2) is 61.7 Å². The quantitative estimate of drug-likeness (QED) is 0.442. The molecule has 0 fully saturated rings. The van der Waals surface area contributed by atoms with Gasteiger partial charge in [0, 0.05) is 52.4 Å². The van der Waals surface area contributed by atoms with Crippen molar-refractivity contribution in [2.75, 3.05) is 39.3 Å². The summed E-state index contributed by atoms with van der Waals surface area (Å²) in [6.07, 6.45) is 3.73. The predicted molar refractivity (Wildman–Crippen MR) is 122 cm³/mol. The molecule has 0 bridgehead atoms. The van der Waals surface area contributed by atoms with E-state index >= 15 is 0 Å². The van der Waals surface area contributed by atoms with E-state index < -0.39 is 0 Å². The van der Waals surface area contributed by atoms with Crippen molar-refractivity contribution in [3.8, 4) is 0 Å². The van der Waals surface area contributed by atoms with Crippen LogP contribution in [0.25, 0.3) is 12.2 Å². The van der Waals surface area contributed by atoms with Gasteiger partial charge in [-0.25, -0.2) is 0 Å². The smallest absolute Gasteiger partial charge is 0.0206 e. The van der Waals surface area contributed by atoms with Crippen molar-refractivity contribution >= 4 is 12.2 Å². The largest absolute Gasteiger partial charge is 0.329 e. The first kappa shape index (κ1) is 22.1. The van der Waals surface area contributed by atoms with Gasteiger partial charge in [-0.05, 0) is 22.3 Å². The van der Waals surface area contributed by atoms with Crippen molar-refractivity contribution < 1.29 is 0 Å². The number of nitrogens with zero attached hydrogens (tertiary/aromatic N) is 1. The van der Waals surface area contributed by atoms with Crippen LogP contribution in [-0.2, 0) is 13.1 Å². The summed E-state index contributed by atoms with van der Waals surface area (Å²) in [7, 11) is 0. The number of benzene rings is 2. The zero-order valence-electron chi connectivity index (χ0n) is 16.9. The lowest BCUT2D eigenvalue weighted by molar-refractivity contribution is 0.279. The minimum Gasteiger partial charge on any atom is -0.329 e. The van der Waals surface area contributed by atoms with Gasteiger partial charge in [0.15, 0.2) is 0 Å². The van der Waals surface area contributed by atoms with Gasteiger partial charge in [0.2, 0.25) is 0 Å². The summed E-state index contributed by atoms with van der Waals surface area (Å²) in [6.45, 7) is 14.8. The zero-order chi connectivity index (χ0) is 20.0. The van der Waals surface area contributed by atoms with Crippen molar-refractivity contribution in [1.82, 2.24) is 15.5 Å². The van der Waals surface area contributed by atoms with E-state index in [2.05, 4.69) is 77.2 Å². The van der Waals surface area contributed by atoms with Crippen molar-refractivity contribution in [1.29, 1.82) is 0 Å². The molecule has 4 nitrogen and oxygen atoms in total. The average molecular weight is 379 g/mol. The molecule has 2 aromatic carbocycles. The maximum atomic E-state index is 5.78. The highest BCUT2D eigenvalue weighted by Gasteiger charge is 2.03. The molecule has 28 heavy (non-hydrogen) atoms. The van der Waals surface area contributed by atoms with Gasteiger partial charge < -0.3 is 16.4 Å². The first-order chi connectivity index (χ1) is 13.7. The molecule has 0 aliphatic rings. The van der Waals surface area contributed by atoms with E-state index in [4.69, 9.17) is 5.73 Å². The topological polar surface area (TPSA) is 53.3 Å². The molecule has 0 radical (unpaired) electrons. The van der Waals surface area contributed by atoms with Gasteiger partial charge in [-0.15, -0.1) is 0 Å². The minimum atomic E-state index is 0.687. The molecule has 150 valence electrons. The summed E-state index contributed by atoms with van der Waals surface area (Å²) < 4.78 is 0. The maximum Gasteiger partial charge on any atom is 0.0206 e. The van der Waals surface area contributed by atoms with Crippen molar-refractivity contribution in [3.05, 3.63) is 83.9 Å². The lowest BCUT2D eigenvalue weighted by Crippen LogP contribution is -2.39. The molecule has 0 aliphatic carbocycles. The van der Waals surface area contributed by atoms with Crippen LogP contribution in [0.5, 0.6) is 0 Å². The molecule has 0 aromatic heterocycles. The Labute approximate surface area is 170 Å². The summed E-state index contributed by atoms with van der Waals surface area (Å²) in [4.78, 5) is 2.40. The number of nitrogens with one attached hydrogen (secondary N) is 2. The highest BCUT2D eigenvalue weighted by atomic mass is 15.2. The molecule has 0 amide bonds. The summed E-state index contributed by atoms with van der Waals surface area (Å²) in [5.41, 5.74) is 10.7. The highest BCUT2D eigenvalue weighted by Crippen LogP contribution is 2.06. The highest BCUT2D eigenvalue weighted by molar-refractivity contribution is 5.47. The molecule has 0 spiro atoms. The van der Waals surface area contributed by atoms with Crippen LogP contribution < -0.4 is 16.4 Å². The van der Waals surface area contributed by atoms with Gasteiger partial charge in [-0.1, -0.05) is 73.8 Å². The van der Waals surface area contributed by atoms with Gasteiger partial charge in [-0.3, -0.25) is 4.90 Å². The molecule has 0 aliphatic heterocycles. The fourth-order valence-electron chi connectivity index (χ4n) is 3.00. The molecule has 2 aromatic rings. The molecular formula is C24H34N4. The van der Waals surface area contributed by atoms with Crippen molar-refractivity contribution in [2.24, 2.45) is 5.73 Å². The molecule has 0 saturated heterocycles. The Balaban J connectivity index is 1.63. The second-order valence-electron chi connectivity index (χ2n) is 6.88. The Hall–Kier alpha value is -2.24. The predicted octanol–water partition coefficient (Wildman–Crippen LogP) is 3.11. The Morgan fingerprint density at radius 3 is 1.50 bits per heavy atom. The molecule has 0 saturated carbocycles. The van der Waals surface area contributed by atoms with E-state index in [1.807, 2.05) is 12.2 Å². The molecular weight excluding hydrogens is 344 g/mol. The van der Waals surface area contributed by atoms with Crippen LogP contribution in [0, 0.1) is 0 Å². The van der Waals surface area contributed by atoms with Crippen LogP contribution in [0.3, 0.4) is 0 Å². The minimum absolute atomic E-state index is 0.687. The first-order valence-corrected chi connectivity index (χ1v) is 10.0. The van der Waals surface area contributed by atoms with E-state index in [0.717, 1.165) is 56.9 Å². The fraction of sp³-hybridized carbons (Fsp3) is 0.333. The van der Waals surface area contributed by atoms with E-state index in [0.29, 0.717) is 6.54 Å². The SMILES string of the molecule is C=Cc1ccc(CNCCN(CCN)CCNCc2ccc(C=C)cc2)cc1. The monoisotopic (exact) mass is 378 g/mol. The van der Waals surface area contributed by atoms with Gasteiger partial charge in [0.05, 0.1) is 0 Å². The Morgan fingerprint density at radius 1 is 0.714 bits per heavy atom. The maximum absolute atomic E-state index is 5.78. The van der Waals surface area contributed by atoms with Crippen LogP contribution in [0.1, 0.15) is 22.3 Å². The zero-order valence-corrected chi connectivity index (χ0v) is 16.9.